The second-order valence-corrected chi connectivity index (χ2v) is 4.75. The van der Waals surface area contributed by atoms with Crippen LogP contribution in [0.25, 0.3) is 0 Å². The van der Waals surface area contributed by atoms with E-state index in [2.05, 4.69) is 10.1 Å². The summed E-state index contributed by atoms with van der Waals surface area (Å²) < 4.78 is 40.7. The van der Waals surface area contributed by atoms with E-state index >= 15 is 0 Å². The summed E-state index contributed by atoms with van der Waals surface area (Å²) in [5.74, 6) is -1.77. The highest BCUT2D eigenvalue weighted by molar-refractivity contribution is 7.80. The number of nitrogens with two attached hydrogens (primary N) is 1. The maximum atomic E-state index is 12.3. The van der Waals surface area contributed by atoms with E-state index in [0.717, 1.165) is 6.07 Å². The summed E-state index contributed by atoms with van der Waals surface area (Å²) in [6, 6.07) is 5.27. The molecule has 0 aliphatic heterocycles. The fourth-order valence-corrected chi connectivity index (χ4v) is 1.92. The van der Waals surface area contributed by atoms with E-state index in [4.69, 9.17) is 18.0 Å². The Morgan fingerprint density at radius 2 is 2.05 bits per heavy atom. The first-order chi connectivity index (χ1) is 9.74. The van der Waals surface area contributed by atoms with E-state index in [1.165, 1.54) is 18.2 Å². The number of nitrogens with one attached hydrogen (secondary N) is 1. The number of para-hydroxylation sites is 2. The summed E-state index contributed by atoms with van der Waals surface area (Å²) in [5, 5.41) is 2.37. The molecule has 0 radical (unpaired) electrons. The highest BCUT2D eigenvalue weighted by atomic mass is 32.1. The molecule has 0 aliphatic carbocycles. The lowest BCUT2D eigenvalue weighted by Crippen LogP contribution is -2.33. The summed E-state index contributed by atoms with van der Waals surface area (Å²) in [6.07, 6.45) is -3.76. The minimum absolute atomic E-state index is 0.00331. The van der Waals surface area contributed by atoms with Crippen molar-refractivity contribution in [1.82, 2.24) is 0 Å². The second-order valence-electron chi connectivity index (χ2n) is 4.28. The Labute approximate surface area is 125 Å². The van der Waals surface area contributed by atoms with Gasteiger partial charge < -0.3 is 15.8 Å². The van der Waals surface area contributed by atoms with E-state index in [1.54, 1.807) is 0 Å². The van der Waals surface area contributed by atoms with Gasteiger partial charge in [-0.3, -0.25) is 4.79 Å². The Bertz CT molecular complexity index is 520. The van der Waals surface area contributed by atoms with Crippen molar-refractivity contribution in [1.29, 1.82) is 0 Å². The van der Waals surface area contributed by atoms with E-state index in [9.17, 15) is 18.0 Å². The summed E-state index contributed by atoms with van der Waals surface area (Å²) in [6.45, 7) is 1.85. The average molecular weight is 320 g/mol. The van der Waals surface area contributed by atoms with Crippen molar-refractivity contribution in [3.8, 4) is 5.75 Å². The molecule has 4 nitrogen and oxygen atoms in total. The average Bonchev–Trinajstić information content (AvgIpc) is 2.36. The van der Waals surface area contributed by atoms with Crippen molar-refractivity contribution in [2.75, 3.05) is 5.32 Å². The van der Waals surface area contributed by atoms with Gasteiger partial charge in [-0.1, -0.05) is 37.7 Å². The topological polar surface area (TPSA) is 64.3 Å². The molecule has 1 unspecified atom stereocenters. The smallest absolute Gasteiger partial charge is 0.404 e. The van der Waals surface area contributed by atoms with Gasteiger partial charge in [-0.15, -0.1) is 13.2 Å². The molecule has 0 heterocycles. The molecule has 116 valence electrons. The normalized spacial score (nSPS) is 12.6. The molecule has 1 rings (SSSR count). The van der Waals surface area contributed by atoms with E-state index in [0.29, 0.717) is 12.8 Å². The molecule has 3 N–H and O–H groups in total. The second kappa shape index (κ2) is 7.26. The van der Waals surface area contributed by atoms with Crippen molar-refractivity contribution >= 4 is 28.8 Å². The number of carbonyl (C=O) groups excluding carboxylic acids is 1. The number of carbonyl (C=O) groups is 1. The maximum Gasteiger partial charge on any atom is 0.573 e. The molecule has 0 aromatic heterocycles. The van der Waals surface area contributed by atoms with Gasteiger partial charge in [0, 0.05) is 0 Å². The number of alkyl halides is 3. The minimum Gasteiger partial charge on any atom is -0.404 e. The molecule has 1 aromatic rings. The van der Waals surface area contributed by atoms with E-state index in [-0.39, 0.29) is 10.7 Å². The van der Waals surface area contributed by atoms with Crippen LogP contribution in [-0.4, -0.2) is 17.3 Å². The molecule has 1 aromatic carbocycles. The first-order valence-electron chi connectivity index (χ1n) is 6.19. The molecule has 0 bridgehead atoms. The van der Waals surface area contributed by atoms with Crippen LogP contribution >= 0.6 is 12.2 Å². The van der Waals surface area contributed by atoms with Crippen LogP contribution in [0.4, 0.5) is 18.9 Å². The molecule has 0 fully saturated rings. The summed E-state index contributed by atoms with van der Waals surface area (Å²) >= 11 is 4.80. The van der Waals surface area contributed by atoms with Crippen LogP contribution in [0.3, 0.4) is 0 Å². The Balaban J connectivity index is 2.92. The maximum absolute atomic E-state index is 12.3. The molecule has 1 atom stereocenters. The number of thiocarbonyl (C=S) groups is 1. The molecular weight excluding hydrogens is 305 g/mol. The third-order valence-corrected chi connectivity index (χ3v) is 2.89. The number of amides is 1. The molecule has 1 amide bonds. The predicted octanol–water partition coefficient (Wildman–Crippen LogP) is 3.23. The van der Waals surface area contributed by atoms with Gasteiger partial charge in [0.25, 0.3) is 0 Å². The molecule has 0 saturated heterocycles. The summed E-state index contributed by atoms with van der Waals surface area (Å²) in [4.78, 5) is 12.0. The Morgan fingerprint density at radius 1 is 1.43 bits per heavy atom. The van der Waals surface area contributed by atoms with E-state index in [1.807, 2.05) is 6.92 Å². The van der Waals surface area contributed by atoms with Crippen molar-refractivity contribution in [3.05, 3.63) is 24.3 Å². The van der Waals surface area contributed by atoms with Gasteiger partial charge >= 0.3 is 6.36 Å². The number of hydrogen-bond donors (Lipinski definition) is 2. The number of anilines is 1. The van der Waals surface area contributed by atoms with Crippen molar-refractivity contribution in [3.63, 3.8) is 0 Å². The Hall–Kier alpha value is -1.83. The SMILES string of the molecule is CCCC(C(=O)Nc1ccccc1OC(F)(F)F)C(N)=S. The van der Waals surface area contributed by atoms with Gasteiger partial charge in [-0.05, 0) is 18.6 Å². The number of halogens is 3. The van der Waals surface area contributed by atoms with Gasteiger partial charge in [-0.25, -0.2) is 0 Å². The molecular formula is C13H15F3N2O2S. The zero-order valence-electron chi connectivity index (χ0n) is 11.2. The van der Waals surface area contributed by atoms with Crippen LogP contribution in [0.15, 0.2) is 24.3 Å². The number of hydrogen-bond acceptors (Lipinski definition) is 3. The van der Waals surface area contributed by atoms with Crippen LogP contribution < -0.4 is 15.8 Å². The highest BCUT2D eigenvalue weighted by Crippen LogP contribution is 2.30. The largest absolute Gasteiger partial charge is 0.573 e. The van der Waals surface area contributed by atoms with E-state index < -0.39 is 23.9 Å². The molecule has 0 spiro atoms. The lowest BCUT2D eigenvalue weighted by Gasteiger charge is -2.17. The van der Waals surface area contributed by atoms with Crippen molar-refractivity contribution in [2.45, 2.75) is 26.1 Å². The van der Waals surface area contributed by atoms with Crippen LogP contribution in [0.2, 0.25) is 0 Å². The Kier molecular flexibility index (Phi) is 5.95. The Morgan fingerprint density at radius 3 is 2.57 bits per heavy atom. The first-order valence-corrected chi connectivity index (χ1v) is 6.60. The van der Waals surface area contributed by atoms with Crippen LogP contribution in [0.1, 0.15) is 19.8 Å². The van der Waals surface area contributed by atoms with Crippen LogP contribution in [0.5, 0.6) is 5.75 Å². The number of ether oxygens (including phenoxy) is 1. The zero-order valence-corrected chi connectivity index (χ0v) is 12.1. The first kappa shape index (κ1) is 17.2. The van der Waals surface area contributed by atoms with Crippen LogP contribution in [-0.2, 0) is 4.79 Å². The third-order valence-electron chi connectivity index (χ3n) is 2.61. The number of benzene rings is 1. The third kappa shape index (κ3) is 5.58. The predicted molar refractivity (Wildman–Crippen MR) is 76.9 cm³/mol. The minimum atomic E-state index is -4.84. The van der Waals surface area contributed by atoms with Crippen molar-refractivity contribution < 1.29 is 22.7 Å². The fourth-order valence-electron chi connectivity index (χ4n) is 1.69. The zero-order chi connectivity index (χ0) is 16.0. The van der Waals surface area contributed by atoms with Crippen molar-refractivity contribution in [2.24, 2.45) is 11.7 Å². The molecule has 0 saturated carbocycles. The molecule has 21 heavy (non-hydrogen) atoms. The van der Waals surface area contributed by atoms with Gasteiger partial charge in [0.2, 0.25) is 5.91 Å². The lowest BCUT2D eigenvalue weighted by molar-refractivity contribution is -0.274. The molecule has 0 aliphatic rings. The van der Waals surface area contributed by atoms with Gasteiger partial charge in [0.05, 0.1) is 16.6 Å². The lowest BCUT2D eigenvalue weighted by atomic mass is 10.0. The monoisotopic (exact) mass is 320 g/mol. The molecule has 8 heteroatoms. The standard InChI is InChI=1S/C13H15F3N2O2S/c1-2-5-8(11(17)21)12(19)18-9-6-3-4-7-10(9)20-13(14,15)16/h3-4,6-8H,2,5H2,1H3,(H2,17,21)(H,18,19). The van der Waals surface area contributed by atoms with Gasteiger partial charge in [-0.2, -0.15) is 0 Å². The fraction of sp³-hybridized carbons (Fsp3) is 0.385. The number of rotatable bonds is 6. The summed E-state index contributed by atoms with van der Waals surface area (Å²) in [5.41, 5.74) is 5.39. The highest BCUT2D eigenvalue weighted by Gasteiger charge is 2.32. The summed E-state index contributed by atoms with van der Waals surface area (Å²) in [7, 11) is 0. The van der Waals surface area contributed by atoms with Crippen LogP contribution in [0, 0.1) is 5.92 Å². The quantitative estimate of drug-likeness (QED) is 0.790. The van der Waals surface area contributed by atoms with Gasteiger partial charge in [0.1, 0.15) is 0 Å². The van der Waals surface area contributed by atoms with Gasteiger partial charge in [0.15, 0.2) is 5.75 Å².